The first-order valence-electron chi connectivity index (χ1n) is 5.14. The van der Waals surface area contributed by atoms with E-state index in [9.17, 15) is 9.90 Å². The number of rotatable bonds is 4. The third-order valence-electron chi connectivity index (χ3n) is 2.44. The Hall–Kier alpha value is -2.30. The summed E-state index contributed by atoms with van der Waals surface area (Å²) in [5.74, 6) is -1.52. The number of carboxylic acids is 1. The van der Waals surface area contributed by atoms with E-state index in [-0.39, 0.29) is 0 Å². The van der Waals surface area contributed by atoms with Crippen molar-refractivity contribution in [3.8, 4) is 0 Å². The van der Waals surface area contributed by atoms with Crippen molar-refractivity contribution in [3.63, 3.8) is 0 Å². The second kappa shape index (κ2) is 5.16. The first kappa shape index (κ1) is 11.2. The van der Waals surface area contributed by atoms with Gasteiger partial charge in [0, 0.05) is 30.4 Å². The molecule has 0 aliphatic carbocycles. The van der Waals surface area contributed by atoms with Crippen molar-refractivity contribution in [2.24, 2.45) is 0 Å². The van der Waals surface area contributed by atoms with Gasteiger partial charge in [0.2, 0.25) is 0 Å². The monoisotopic (exact) mass is 229 g/mol. The summed E-state index contributed by atoms with van der Waals surface area (Å²) in [7, 11) is 0. The number of pyridine rings is 1. The van der Waals surface area contributed by atoms with E-state index in [4.69, 9.17) is 0 Å². The van der Waals surface area contributed by atoms with Gasteiger partial charge < -0.3 is 5.11 Å². The number of hydrogen-bond donors (Lipinski definition) is 1. The lowest BCUT2D eigenvalue weighted by molar-refractivity contribution is -0.138. The molecule has 86 valence electrons. The largest absolute Gasteiger partial charge is 0.481 e. The van der Waals surface area contributed by atoms with E-state index in [2.05, 4.69) is 15.0 Å². The van der Waals surface area contributed by atoms with Crippen LogP contribution in [0.4, 0.5) is 0 Å². The Morgan fingerprint density at radius 3 is 2.59 bits per heavy atom. The fraction of sp³-hybridized carbons (Fsp3) is 0.167. The molecule has 0 aliphatic heterocycles. The minimum absolute atomic E-state index is 0.385. The van der Waals surface area contributed by atoms with Crippen LogP contribution in [0.1, 0.15) is 17.0 Å². The fourth-order valence-electron chi connectivity index (χ4n) is 1.59. The lowest BCUT2D eigenvalue weighted by Crippen LogP contribution is -2.15. The van der Waals surface area contributed by atoms with Gasteiger partial charge in [-0.25, -0.2) is 9.97 Å². The number of hydrogen-bond acceptors (Lipinski definition) is 4. The van der Waals surface area contributed by atoms with Crippen molar-refractivity contribution >= 4 is 5.97 Å². The molecule has 5 nitrogen and oxygen atoms in total. The molecule has 0 aliphatic rings. The highest BCUT2D eigenvalue weighted by molar-refractivity contribution is 5.76. The maximum atomic E-state index is 11.2. The van der Waals surface area contributed by atoms with Crippen molar-refractivity contribution in [1.82, 2.24) is 15.0 Å². The number of aromatic nitrogens is 3. The maximum Gasteiger partial charge on any atom is 0.311 e. The maximum absolute atomic E-state index is 11.2. The van der Waals surface area contributed by atoms with Gasteiger partial charge in [-0.2, -0.15) is 0 Å². The second-order valence-electron chi connectivity index (χ2n) is 3.63. The van der Waals surface area contributed by atoms with Crippen molar-refractivity contribution in [2.45, 2.75) is 12.3 Å². The molecule has 0 saturated heterocycles. The summed E-state index contributed by atoms with van der Waals surface area (Å²) in [4.78, 5) is 22.9. The molecule has 2 rings (SSSR count). The molecular weight excluding hydrogens is 218 g/mol. The topological polar surface area (TPSA) is 76.0 Å². The van der Waals surface area contributed by atoms with Crippen LogP contribution in [0.5, 0.6) is 0 Å². The van der Waals surface area contributed by atoms with Gasteiger partial charge in [-0.15, -0.1) is 0 Å². The molecule has 0 aromatic carbocycles. The molecular formula is C12H11N3O2. The average Bonchev–Trinajstić information content (AvgIpc) is 2.38. The molecule has 5 heteroatoms. The van der Waals surface area contributed by atoms with Gasteiger partial charge in [-0.1, -0.05) is 6.07 Å². The highest BCUT2D eigenvalue weighted by atomic mass is 16.4. The summed E-state index contributed by atoms with van der Waals surface area (Å²) in [5.41, 5.74) is 1.48. The highest BCUT2D eigenvalue weighted by Gasteiger charge is 2.20. The Kier molecular flexibility index (Phi) is 3.40. The van der Waals surface area contributed by atoms with Gasteiger partial charge in [-0.3, -0.25) is 9.78 Å². The van der Waals surface area contributed by atoms with Crippen molar-refractivity contribution in [1.29, 1.82) is 0 Å². The first-order chi connectivity index (χ1) is 8.27. The quantitative estimate of drug-likeness (QED) is 0.854. The zero-order valence-corrected chi connectivity index (χ0v) is 9.02. The Labute approximate surface area is 98.2 Å². The third-order valence-corrected chi connectivity index (χ3v) is 2.44. The molecule has 17 heavy (non-hydrogen) atoms. The Balaban J connectivity index is 2.23. The predicted octanol–water partition coefficient (Wildman–Crippen LogP) is 1.28. The van der Waals surface area contributed by atoms with E-state index in [1.807, 2.05) is 6.07 Å². The van der Waals surface area contributed by atoms with Crippen LogP contribution in [0.15, 0.2) is 43.2 Å². The van der Waals surface area contributed by atoms with E-state index in [0.717, 1.165) is 5.56 Å². The summed E-state index contributed by atoms with van der Waals surface area (Å²) in [6.45, 7) is 0. The summed E-state index contributed by atoms with van der Waals surface area (Å²) in [5, 5.41) is 9.21. The van der Waals surface area contributed by atoms with Gasteiger partial charge in [0.15, 0.2) is 0 Å². The van der Waals surface area contributed by atoms with Crippen LogP contribution < -0.4 is 0 Å². The van der Waals surface area contributed by atoms with Crippen LogP contribution in [0.25, 0.3) is 0 Å². The number of carboxylic acid groups (broad SMARTS) is 1. The summed E-state index contributed by atoms with van der Waals surface area (Å²) in [6, 6.07) is 3.64. The van der Waals surface area contributed by atoms with E-state index in [1.54, 1.807) is 18.5 Å². The first-order valence-corrected chi connectivity index (χ1v) is 5.14. The number of carbonyl (C=O) groups is 1. The van der Waals surface area contributed by atoms with Gasteiger partial charge >= 0.3 is 5.97 Å². The molecule has 0 spiro atoms. The molecule has 0 amide bonds. The summed E-state index contributed by atoms with van der Waals surface area (Å²) < 4.78 is 0. The van der Waals surface area contributed by atoms with Gasteiger partial charge in [0.25, 0.3) is 0 Å². The minimum Gasteiger partial charge on any atom is -0.481 e. The van der Waals surface area contributed by atoms with Gasteiger partial charge in [-0.05, 0) is 18.1 Å². The lowest BCUT2D eigenvalue weighted by Gasteiger charge is -2.11. The van der Waals surface area contributed by atoms with Crippen LogP contribution in [0.2, 0.25) is 0 Å². The van der Waals surface area contributed by atoms with Crippen LogP contribution in [0.3, 0.4) is 0 Å². The van der Waals surface area contributed by atoms with Crippen LogP contribution in [-0.2, 0) is 11.2 Å². The molecule has 1 unspecified atom stereocenters. The van der Waals surface area contributed by atoms with E-state index < -0.39 is 11.9 Å². The van der Waals surface area contributed by atoms with Gasteiger partial charge in [0.05, 0.1) is 5.92 Å². The molecule has 1 N–H and O–H groups in total. The normalized spacial score (nSPS) is 12.0. The molecule has 0 radical (unpaired) electrons. The number of aliphatic carboxylic acids is 1. The van der Waals surface area contributed by atoms with E-state index in [0.29, 0.717) is 12.0 Å². The molecule has 2 heterocycles. The standard InChI is InChI=1S/C12H11N3O2/c16-12(17)11(10-6-14-8-15-7-10)4-9-2-1-3-13-5-9/h1-3,5-8,11H,4H2,(H,16,17). The van der Waals surface area contributed by atoms with Crippen LogP contribution >= 0.6 is 0 Å². The van der Waals surface area contributed by atoms with E-state index >= 15 is 0 Å². The SMILES string of the molecule is O=C(O)C(Cc1cccnc1)c1cncnc1. The summed E-state index contributed by atoms with van der Waals surface area (Å²) >= 11 is 0. The molecule has 1 atom stereocenters. The zero-order valence-electron chi connectivity index (χ0n) is 9.02. The minimum atomic E-state index is -0.886. The van der Waals surface area contributed by atoms with Gasteiger partial charge in [0.1, 0.15) is 6.33 Å². The molecule has 2 aromatic heterocycles. The Morgan fingerprint density at radius 2 is 2.00 bits per heavy atom. The third kappa shape index (κ3) is 2.84. The number of nitrogens with zero attached hydrogens (tertiary/aromatic N) is 3. The zero-order chi connectivity index (χ0) is 12.1. The van der Waals surface area contributed by atoms with Crippen LogP contribution in [0, 0.1) is 0 Å². The molecule has 0 fully saturated rings. The Bertz CT molecular complexity index is 488. The molecule has 0 bridgehead atoms. The molecule has 2 aromatic rings. The van der Waals surface area contributed by atoms with E-state index in [1.165, 1.54) is 18.7 Å². The second-order valence-corrected chi connectivity index (χ2v) is 3.63. The highest BCUT2D eigenvalue weighted by Crippen LogP contribution is 2.19. The van der Waals surface area contributed by atoms with Crippen LogP contribution in [-0.4, -0.2) is 26.0 Å². The average molecular weight is 229 g/mol. The molecule has 0 saturated carbocycles. The smallest absolute Gasteiger partial charge is 0.311 e. The van der Waals surface area contributed by atoms with Crippen molar-refractivity contribution in [2.75, 3.05) is 0 Å². The summed E-state index contributed by atoms with van der Waals surface area (Å²) in [6.07, 6.45) is 8.15. The van der Waals surface area contributed by atoms with Crippen molar-refractivity contribution < 1.29 is 9.90 Å². The predicted molar refractivity (Wildman–Crippen MR) is 60.3 cm³/mol. The Morgan fingerprint density at radius 1 is 1.24 bits per heavy atom. The lowest BCUT2D eigenvalue weighted by atomic mass is 9.95. The van der Waals surface area contributed by atoms with Crippen molar-refractivity contribution in [3.05, 3.63) is 54.4 Å². The fourth-order valence-corrected chi connectivity index (χ4v) is 1.59.